The summed E-state index contributed by atoms with van der Waals surface area (Å²) in [5, 5.41) is 2.89. The van der Waals surface area contributed by atoms with Gasteiger partial charge in [-0.2, -0.15) is 0 Å². The lowest BCUT2D eigenvalue weighted by Gasteiger charge is -2.49. The lowest BCUT2D eigenvalue weighted by molar-refractivity contribution is -0.162. The van der Waals surface area contributed by atoms with Crippen LogP contribution in [0.2, 0.25) is 0 Å². The van der Waals surface area contributed by atoms with E-state index < -0.39 is 11.1 Å². The van der Waals surface area contributed by atoms with Gasteiger partial charge in [0.05, 0.1) is 0 Å². The van der Waals surface area contributed by atoms with E-state index in [9.17, 15) is 9.59 Å². The number of carbonyl (C=O) groups is 2. The lowest BCUT2D eigenvalue weighted by Crippen LogP contribution is -2.74. The summed E-state index contributed by atoms with van der Waals surface area (Å²) < 4.78 is 5.05. The first-order chi connectivity index (χ1) is 9.34. The zero-order valence-corrected chi connectivity index (χ0v) is 13.0. The Kier molecular flexibility index (Phi) is 4.09. The Hall–Kier alpha value is -1.10. The topological polar surface area (TPSA) is 58.6 Å². The van der Waals surface area contributed by atoms with E-state index in [-0.39, 0.29) is 11.8 Å². The van der Waals surface area contributed by atoms with E-state index in [2.05, 4.69) is 5.32 Å². The molecule has 0 aromatic carbocycles. The minimum Gasteiger partial charge on any atom is -0.385 e. The second kappa shape index (κ2) is 5.35. The van der Waals surface area contributed by atoms with Gasteiger partial charge in [-0.1, -0.05) is 0 Å². The Bertz CT molecular complexity index is 404. The molecule has 2 aliphatic rings. The van der Waals surface area contributed by atoms with Crippen molar-refractivity contribution in [3.8, 4) is 0 Å². The number of ether oxygens (including phenoxy) is 1. The van der Waals surface area contributed by atoms with Gasteiger partial charge in [0.1, 0.15) is 11.1 Å². The van der Waals surface area contributed by atoms with Crippen molar-refractivity contribution in [2.45, 2.75) is 57.5 Å². The van der Waals surface area contributed by atoms with E-state index in [1.807, 2.05) is 11.8 Å². The highest BCUT2D eigenvalue weighted by molar-refractivity contribution is 6.02. The first kappa shape index (κ1) is 15.3. The molecule has 0 radical (unpaired) electrons. The molecule has 1 heterocycles. The predicted molar refractivity (Wildman–Crippen MR) is 76.2 cm³/mol. The van der Waals surface area contributed by atoms with Gasteiger partial charge in [-0.15, -0.1) is 0 Å². The van der Waals surface area contributed by atoms with Gasteiger partial charge in [-0.05, 0) is 52.4 Å². The monoisotopic (exact) mass is 282 g/mol. The van der Waals surface area contributed by atoms with Crippen LogP contribution in [0.15, 0.2) is 0 Å². The van der Waals surface area contributed by atoms with Crippen LogP contribution in [-0.4, -0.2) is 48.1 Å². The Balaban J connectivity index is 2.15. The van der Waals surface area contributed by atoms with Crippen LogP contribution in [0.4, 0.5) is 0 Å². The van der Waals surface area contributed by atoms with Crippen molar-refractivity contribution in [1.29, 1.82) is 0 Å². The smallest absolute Gasteiger partial charge is 0.248 e. The molecule has 5 heteroatoms. The zero-order valence-electron chi connectivity index (χ0n) is 13.0. The summed E-state index contributed by atoms with van der Waals surface area (Å²) in [5.41, 5.74) is -1.47. The molecule has 2 amide bonds. The summed E-state index contributed by atoms with van der Waals surface area (Å²) in [6.45, 7) is 6.80. The third kappa shape index (κ3) is 2.55. The van der Waals surface area contributed by atoms with E-state index in [1.54, 1.807) is 21.0 Å². The van der Waals surface area contributed by atoms with Gasteiger partial charge in [0.15, 0.2) is 0 Å². The van der Waals surface area contributed by atoms with E-state index in [1.165, 1.54) is 0 Å². The molecule has 1 N–H and O–H groups in total. The molecule has 1 atom stereocenters. The standard InChI is InChI=1S/C15H26N2O3/c1-14(2)13(19)17(9-5-6-10-20-4)15(3,11-7-8-11)12(18)16-14/h11H,5-10H2,1-4H3,(H,16,18). The Labute approximate surface area is 121 Å². The van der Waals surface area contributed by atoms with Gasteiger partial charge < -0.3 is 15.0 Å². The molecule has 114 valence electrons. The van der Waals surface area contributed by atoms with Crippen LogP contribution in [0.3, 0.4) is 0 Å². The normalized spacial score (nSPS) is 29.5. The van der Waals surface area contributed by atoms with Crippen LogP contribution in [0.25, 0.3) is 0 Å². The second-order valence-corrected chi connectivity index (χ2v) is 6.66. The minimum absolute atomic E-state index is 0.00339. The number of carbonyl (C=O) groups excluding carboxylic acids is 2. The summed E-state index contributed by atoms with van der Waals surface area (Å²) in [4.78, 5) is 27.0. The van der Waals surface area contributed by atoms with E-state index in [4.69, 9.17) is 4.74 Å². The van der Waals surface area contributed by atoms with Gasteiger partial charge in [0.25, 0.3) is 0 Å². The molecule has 0 aromatic rings. The van der Waals surface area contributed by atoms with Crippen LogP contribution < -0.4 is 5.32 Å². The maximum absolute atomic E-state index is 12.7. The maximum Gasteiger partial charge on any atom is 0.248 e. The lowest BCUT2D eigenvalue weighted by atomic mass is 9.84. The summed E-state index contributed by atoms with van der Waals surface area (Å²) in [6, 6.07) is 0. The highest BCUT2D eigenvalue weighted by Gasteiger charge is 2.58. The summed E-state index contributed by atoms with van der Waals surface area (Å²) in [5.74, 6) is 0.338. The molecule has 0 bridgehead atoms. The quantitative estimate of drug-likeness (QED) is 0.748. The SMILES string of the molecule is COCCCCN1C(=O)C(C)(C)NC(=O)C1(C)C1CC1. The van der Waals surface area contributed by atoms with E-state index >= 15 is 0 Å². The predicted octanol–water partition coefficient (Wildman–Crippen LogP) is 1.32. The molecular formula is C15H26N2O3. The number of hydrogen-bond acceptors (Lipinski definition) is 3. The Morgan fingerprint density at radius 2 is 1.90 bits per heavy atom. The first-order valence-corrected chi connectivity index (χ1v) is 7.47. The number of piperazine rings is 1. The molecule has 1 unspecified atom stereocenters. The van der Waals surface area contributed by atoms with Crippen LogP contribution >= 0.6 is 0 Å². The van der Waals surface area contributed by atoms with Crippen molar-refractivity contribution >= 4 is 11.8 Å². The first-order valence-electron chi connectivity index (χ1n) is 7.47. The van der Waals surface area contributed by atoms with Crippen molar-refractivity contribution in [3.05, 3.63) is 0 Å². The Morgan fingerprint density at radius 1 is 1.25 bits per heavy atom. The third-order valence-electron chi connectivity index (χ3n) is 4.58. The fourth-order valence-corrected chi connectivity index (χ4v) is 3.04. The number of methoxy groups -OCH3 is 1. The third-order valence-corrected chi connectivity index (χ3v) is 4.58. The summed E-state index contributed by atoms with van der Waals surface area (Å²) in [6.07, 6.45) is 3.84. The number of unbranched alkanes of at least 4 members (excludes halogenated alkanes) is 1. The summed E-state index contributed by atoms with van der Waals surface area (Å²) >= 11 is 0. The summed E-state index contributed by atoms with van der Waals surface area (Å²) in [7, 11) is 1.68. The van der Waals surface area contributed by atoms with E-state index in [0.29, 0.717) is 19.1 Å². The van der Waals surface area contributed by atoms with Gasteiger partial charge >= 0.3 is 0 Å². The molecule has 2 rings (SSSR count). The van der Waals surface area contributed by atoms with Crippen molar-refractivity contribution in [1.82, 2.24) is 10.2 Å². The van der Waals surface area contributed by atoms with Gasteiger partial charge in [0, 0.05) is 20.3 Å². The molecule has 0 spiro atoms. The second-order valence-electron chi connectivity index (χ2n) is 6.66. The van der Waals surface area contributed by atoms with E-state index in [0.717, 1.165) is 25.7 Å². The molecular weight excluding hydrogens is 256 g/mol. The van der Waals surface area contributed by atoms with Crippen LogP contribution in [0.5, 0.6) is 0 Å². The largest absolute Gasteiger partial charge is 0.385 e. The maximum atomic E-state index is 12.7. The molecule has 20 heavy (non-hydrogen) atoms. The highest BCUT2D eigenvalue weighted by atomic mass is 16.5. The molecule has 2 fully saturated rings. The molecule has 1 saturated carbocycles. The Morgan fingerprint density at radius 3 is 2.45 bits per heavy atom. The number of amides is 2. The van der Waals surface area contributed by atoms with Gasteiger partial charge in [-0.3, -0.25) is 9.59 Å². The van der Waals surface area contributed by atoms with Crippen molar-refractivity contribution in [2.24, 2.45) is 5.92 Å². The molecule has 5 nitrogen and oxygen atoms in total. The molecule has 0 aromatic heterocycles. The van der Waals surface area contributed by atoms with Crippen molar-refractivity contribution < 1.29 is 14.3 Å². The van der Waals surface area contributed by atoms with Gasteiger partial charge in [-0.25, -0.2) is 0 Å². The number of hydrogen-bond donors (Lipinski definition) is 1. The molecule has 1 aliphatic carbocycles. The molecule has 1 saturated heterocycles. The number of nitrogens with one attached hydrogen (secondary N) is 1. The minimum atomic E-state index is -0.799. The van der Waals surface area contributed by atoms with Crippen LogP contribution in [0, 0.1) is 5.92 Å². The van der Waals surface area contributed by atoms with Crippen molar-refractivity contribution in [3.63, 3.8) is 0 Å². The zero-order chi connectivity index (χ0) is 15.0. The van der Waals surface area contributed by atoms with Crippen LogP contribution in [-0.2, 0) is 14.3 Å². The van der Waals surface area contributed by atoms with Crippen molar-refractivity contribution in [2.75, 3.05) is 20.3 Å². The van der Waals surface area contributed by atoms with Crippen LogP contribution in [0.1, 0.15) is 46.5 Å². The molecule has 1 aliphatic heterocycles. The number of nitrogens with zero attached hydrogens (tertiary/aromatic N) is 1. The highest BCUT2D eigenvalue weighted by Crippen LogP contribution is 2.45. The average molecular weight is 282 g/mol. The fraction of sp³-hybridized carbons (Fsp3) is 0.867. The number of rotatable bonds is 6. The fourth-order valence-electron chi connectivity index (χ4n) is 3.04. The average Bonchev–Trinajstić information content (AvgIpc) is 3.20. The van der Waals surface area contributed by atoms with Gasteiger partial charge in [0.2, 0.25) is 11.8 Å².